The van der Waals surface area contributed by atoms with Gasteiger partial charge in [0.15, 0.2) is 0 Å². The van der Waals surface area contributed by atoms with Gasteiger partial charge in [0.2, 0.25) is 5.78 Å². The van der Waals surface area contributed by atoms with Crippen LogP contribution in [0.2, 0.25) is 0 Å². The van der Waals surface area contributed by atoms with Gasteiger partial charge in [0.05, 0.1) is 0 Å². The fourth-order valence-electron chi connectivity index (χ4n) is 2.33. The Morgan fingerprint density at radius 1 is 0.875 bits per heavy atom. The van der Waals surface area contributed by atoms with Gasteiger partial charge in [-0.25, -0.2) is 4.79 Å². The average Bonchev–Trinajstić information content (AvgIpc) is 2.91. The summed E-state index contributed by atoms with van der Waals surface area (Å²) >= 11 is 1.36. The lowest BCUT2D eigenvalue weighted by molar-refractivity contribution is -0.206. The molecule has 0 amide bonds. The zero-order valence-electron chi connectivity index (χ0n) is 11.7. The lowest BCUT2D eigenvalue weighted by atomic mass is 9.98. The third-order valence-corrected chi connectivity index (χ3v) is 4.74. The van der Waals surface area contributed by atoms with Crippen LogP contribution in [-0.4, -0.2) is 28.7 Å². The van der Waals surface area contributed by atoms with Crippen LogP contribution in [0.3, 0.4) is 0 Å². The molecule has 0 radical (unpaired) electrons. The lowest BCUT2D eigenvalue weighted by Gasteiger charge is -2.21. The van der Waals surface area contributed by atoms with Crippen molar-refractivity contribution in [3.8, 4) is 0 Å². The van der Waals surface area contributed by atoms with Gasteiger partial charge >= 0.3 is 17.8 Å². The number of aliphatic carboxylic acids is 1. The molecule has 0 fully saturated rings. The van der Waals surface area contributed by atoms with Crippen molar-refractivity contribution in [1.29, 1.82) is 0 Å². The van der Waals surface area contributed by atoms with Crippen LogP contribution in [0.5, 0.6) is 0 Å². The smallest absolute Gasteiger partial charge is 0.412 e. The van der Waals surface area contributed by atoms with Gasteiger partial charge in [0.25, 0.3) is 0 Å². The number of hydrogen-bond donors (Lipinski definition) is 1. The molecule has 0 saturated heterocycles. The number of hydrogen-bond acceptors (Lipinski definition) is 3. The van der Waals surface area contributed by atoms with Gasteiger partial charge in [-0.15, -0.1) is 11.3 Å². The number of carboxylic acid groups (broad SMARTS) is 1. The summed E-state index contributed by atoms with van der Waals surface area (Å²) in [4.78, 5) is 22.2. The molecule has 1 aromatic heterocycles. The topological polar surface area (TPSA) is 54.4 Å². The lowest BCUT2D eigenvalue weighted by Crippen LogP contribution is -2.52. The number of carbonyl (C=O) groups is 2. The molecule has 0 aliphatic heterocycles. The summed E-state index contributed by atoms with van der Waals surface area (Å²) in [6.07, 6.45) is 0. The predicted octanol–water partition coefficient (Wildman–Crippen LogP) is 4.59. The van der Waals surface area contributed by atoms with Gasteiger partial charge in [-0.3, -0.25) is 4.79 Å². The van der Waals surface area contributed by atoms with Gasteiger partial charge in [-0.1, -0.05) is 18.2 Å². The van der Waals surface area contributed by atoms with E-state index in [-0.39, 0.29) is 0 Å². The number of Topliss-reactive ketones (excluding diaryl/α,β-unsaturated/α-hetero) is 1. The summed E-state index contributed by atoms with van der Waals surface area (Å²) < 4.78 is 55.3. The van der Waals surface area contributed by atoms with Crippen molar-refractivity contribution in [3.63, 3.8) is 0 Å². The van der Waals surface area contributed by atoms with E-state index in [0.29, 0.717) is 15.5 Å². The van der Waals surface area contributed by atoms with Gasteiger partial charge in [-0.05, 0) is 24.3 Å². The summed E-state index contributed by atoms with van der Waals surface area (Å²) in [6, 6.07) is 10.5. The summed E-state index contributed by atoms with van der Waals surface area (Å²) in [5.41, 5.74) is -0.669. The fraction of sp³-hybridized carbons (Fsp3) is 0.125. The second kappa shape index (κ2) is 5.27. The zero-order chi connectivity index (χ0) is 17.7. The SMILES string of the molecule is O=C(O)C(F)(F)C(F)(F)C(=O)c1ccc2sc3ccccc3c2c1. The van der Waals surface area contributed by atoms with Crippen molar-refractivity contribution in [3.05, 3.63) is 48.0 Å². The Morgan fingerprint density at radius 2 is 1.50 bits per heavy atom. The number of alkyl halides is 4. The number of carbonyl (C=O) groups excluding carboxylic acids is 1. The summed E-state index contributed by atoms with van der Waals surface area (Å²) in [5.74, 6) is -16.1. The van der Waals surface area contributed by atoms with E-state index < -0.39 is 29.2 Å². The zero-order valence-corrected chi connectivity index (χ0v) is 12.5. The van der Waals surface area contributed by atoms with Crippen LogP contribution in [0.15, 0.2) is 42.5 Å². The Hall–Kier alpha value is -2.48. The Balaban J connectivity index is 2.14. The molecule has 0 unspecified atom stereocenters. The number of benzene rings is 2. The molecule has 3 nitrogen and oxygen atoms in total. The van der Waals surface area contributed by atoms with Crippen molar-refractivity contribution in [2.45, 2.75) is 11.8 Å². The first-order valence-corrected chi connectivity index (χ1v) is 7.43. The fourth-order valence-corrected chi connectivity index (χ4v) is 3.41. The molecule has 124 valence electrons. The minimum atomic E-state index is -5.49. The molecule has 1 N–H and O–H groups in total. The minimum Gasteiger partial charge on any atom is -0.477 e. The first-order chi connectivity index (χ1) is 11.2. The Bertz CT molecular complexity index is 978. The van der Waals surface area contributed by atoms with E-state index in [1.807, 2.05) is 0 Å². The molecular weight excluding hydrogens is 348 g/mol. The van der Waals surface area contributed by atoms with Crippen LogP contribution in [-0.2, 0) is 4.79 Å². The first-order valence-electron chi connectivity index (χ1n) is 6.61. The maximum Gasteiger partial charge on any atom is 0.412 e. The number of thiophene rings is 1. The Morgan fingerprint density at radius 3 is 2.17 bits per heavy atom. The van der Waals surface area contributed by atoms with Gasteiger partial charge < -0.3 is 5.11 Å². The highest BCUT2D eigenvalue weighted by Crippen LogP contribution is 2.39. The van der Waals surface area contributed by atoms with E-state index >= 15 is 0 Å². The van der Waals surface area contributed by atoms with Crippen LogP contribution < -0.4 is 0 Å². The Kier molecular flexibility index (Phi) is 3.60. The predicted molar refractivity (Wildman–Crippen MR) is 81.2 cm³/mol. The standard InChI is InChI=1S/C16H8F4O3S/c17-15(18,16(19,20)14(22)23)13(21)8-5-6-12-10(7-8)9-3-1-2-4-11(9)24-12/h1-7H,(H,22,23). The highest BCUT2D eigenvalue weighted by atomic mass is 32.1. The average molecular weight is 356 g/mol. The molecule has 0 aliphatic carbocycles. The van der Waals surface area contributed by atoms with Gasteiger partial charge in [0.1, 0.15) is 0 Å². The molecule has 8 heteroatoms. The van der Waals surface area contributed by atoms with Crippen LogP contribution >= 0.6 is 11.3 Å². The first kappa shape index (κ1) is 16.4. The van der Waals surface area contributed by atoms with E-state index in [0.717, 1.165) is 16.8 Å². The molecule has 2 aromatic carbocycles. The van der Waals surface area contributed by atoms with Crippen LogP contribution in [0.1, 0.15) is 10.4 Å². The van der Waals surface area contributed by atoms with Crippen LogP contribution in [0, 0.1) is 0 Å². The second-order valence-corrected chi connectivity index (χ2v) is 6.18. The van der Waals surface area contributed by atoms with Crippen molar-refractivity contribution in [2.24, 2.45) is 0 Å². The third kappa shape index (κ3) is 2.25. The van der Waals surface area contributed by atoms with Gasteiger partial charge in [0, 0.05) is 25.7 Å². The molecule has 3 rings (SSSR count). The number of halogens is 4. The number of carboxylic acids is 1. The third-order valence-electron chi connectivity index (χ3n) is 3.59. The molecule has 0 bridgehead atoms. The van der Waals surface area contributed by atoms with Crippen molar-refractivity contribution in [2.75, 3.05) is 0 Å². The van der Waals surface area contributed by atoms with Crippen molar-refractivity contribution >= 4 is 43.3 Å². The van der Waals surface area contributed by atoms with E-state index in [1.165, 1.54) is 17.4 Å². The summed E-state index contributed by atoms with van der Waals surface area (Å²) in [5, 5.41) is 9.44. The highest BCUT2D eigenvalue weighted by Gasteiger charge is 2.67. The minimum absolute atomic E-state index is 0.468. The monoisotopic (exact) mass is 356 g/mol. The molecule has 0 atom stereocenters. The van der Waals surface area contributed by atoms with Crippen molar-refractivity contribution < 1.29 is 32.3 Å². The largest absolute Gasteiger partial charge is 0.477 e. The highest BCUT2D eigenvalue weighted by molar-refractivity contribution is 7.25. The maximum atomic E-state index is 13.7. The summed E-state index contributed by atoms with van der Waals surface area (Å²) in [7, 11) is 0. The normalized spacial score (nSPS) is 12.7. The van der Waals surface area contributed by atoms with Gasteiger partial charge in [-0.2, -0.15) is 17.6 Å². The molecule has 3 aromatic rings. The number of fused-ring (bicyclic) bond motifs is 3. The maximum absolute atomic E-state index is 13.7. The molecule has 0 aliphatic rings. The molecule has 0 saturated carbocycles. The molecular formula is C16H8F4O3S. The van der Waals surface area contributed by atoms with E-state index in [1.54, 1.807) is 24.3 Å². The van der Waals surface area contributed by atoms with Crippen molar-refractivity contribution in [1.82, 2.24) is 0 Å². The quantitative estimate of drug-likeness (QED) is 0.549. The van der Waals surface area contributed by atoms with Crippen LogP contribution in [0.4, 0.5) is 17.6 Å². The number of rotatable bonds is 4. The summed E-state index contributed by atoms with van der Waals surface area (Å²) in [6.45, 7) is 0. The molecule has 0 spiro atoms. The molecule has 24 heavy (non-hydrogen) atoms. The van der Waals surface area contributed by atoms with E-state index in [2.05, 4.69) is 0 Å². The Labute approximate surface area is 136 Å². The van der Waals surface area contributed by atoms with Crippen LogP contribution in [0.25, 0.3) is 20.2 Å². The number of ketones is 1. The molecule has 1 heterocycles. The van der Waals surface area contributed by atoms with E-state index in [4.69, 9.17) is 5.11 Å². The van der Waals surface area contributed by atoms with E-state index in [9.17, 15) is 27.2 Å². The second-order valence-electron chi connectivity index (χ2n) is 5.09.